The van der Waals surface area contributed by atoms with Gasteiger partial charge >= 0.3 is 0 Å². The molecule has 0 aromatic heterocycles. The number of ether oxygens (including phenoxy) is 1. The van der Waals surface area contributed by atoms with Gasteiger partial charge in [0.1, 0.15) is 17.2 Å². The average Bonchev–Trinajstić information content (AvgIpc) is 3.49. The molecule has 4 aromatic rings. The van der Waals surface area contributed by atoms with E-state index in [1.807, 2.05) is 72.6 Å². The predicted molar refractivity (Wildman–Crippen MR) is 167 cm³/mol. The molecule has 4 aromatic carbocycles. The summed E-state index contributed by atoms with van der Waals surface area (Å²) in [6, 6.07) is 25.1. The first-order valence-corrected chi connectivity index (χ1v) is 14.8. The summed E-state index contributed by atoms with van der Waals surface area (Å²) >= 11 is 12.8. The van der Waals surface area contributed by atoms with Gasteiger partial charge in [-0.3, -0.25) is 14.4 Å². The smallest absolute Gasteiger partial charge is 0.238 e. The molecule has 0 radical (unpaired) electrons. The van der Waals surface area contributed by atoms with Crippen molar-refractivity contribution in [1.29, 1.82) is 0 Å². The van der Waals surface area contributed by atoms with Crippen LogP contribution in [-0.2, 0) is 10.2 Å². The second-order valence-corrected chi connectivity index (χ2v) is 11.7. The van der Waals surface area contributed by atoms with E-state index >= 15 is 4.79 Å². The molecule has 0 unspecified atom stereocenters. The molecule has 1 fully saturated rings. The van der Waals surface area contributed by atoms with Crippen LogP contribution in [0.3, 0.4) is 0 Å². The fourth-order valence-corrected chi connectivity index (χ4v) is 7.64. The van der Waals surface area contributed by atoms with Gasteiger partial charge in [-0.15, -0.1) is 0 Å². The molecule has 1 spiro atoms. The molecule has 0 saturated carbocycles. The molecule has 3 heterocycles. The maximum Gasteiger partial charge on any atom is 0.238 e. The fourth-order valence-electron chi connectivity index (χ4n) is 7.14. The number of benzene rings is 4. The molecule has 1 N–H and O–H groups in total. The van der Waals surface area contributed by atoms with E-state index in [0.717, 1.165) is 11.1 Å². The Hall–Kier alpha value is -4.39. The minimum absolute atomic E-state index is 0.175. The second-order valence-electron chi connectivity index (χ2n) is 10.9. The van der Waals surface area contributed by atoms with Gasteiger partial charge in [0.15, 0.2) is 11.6 Å². The third-order valence-corrected chi connectivity index (χ3v) is 9.32. The van der Waals surface area contributed by atoms with Gasteiger partial charge in [0, 0.05) is 22.5 Å². The van der Waals surface area contributed by atoms with Crippen molar-refractivity contribution in [3.63, 3.8) is 0 Å². The minimum atomic E-state index is -1.45. The summed E-state index contributed by atoms with van der Waals surface area (Å²) in [6.07, 6.45) is 3.75. The molecule has 7 rings (SSSR count). The van der Waals surface area contributed by atoms with Gasteiger partial charge in [0.2, 0.25) is 5.91 Å². The monoisotopic (exact) mass is 608 g/mol. The third kappa shape index (κ3) is 3.97. The minimum Gasteiger partial charge on any atom is -0.493 e. The van der Waals surface area contributed by atoms with Gasteiger partial charge < -0.3 is 15.0 Å². The number of hydrogen-bond acceptors (Lipinski definition) is 5. The maximum atomic E-state index is 15.1. The quantitative estimate of drug-likeness (QED) is 0.231. The van der Waals surface area contributed by atoms with Crippen molar-refractivity contribution in [1.82, 2.24) is 4.90 Å². The van der Waals surface area contributed by atoms with Crippen LogP contribution in [0.15, 0.2) is 97.2 Å². The molecule has 214 valence electrons. The van der Waals surface area contributed by atoms with Crippen LogP contribution in [0, 0.1) is 5.92 Å². The first-order chi connectivity index (χ1) is 20.9. The maximum absolute atomic E-state index is 15.1. The zero-order chi connectivity index (χ0) is 29.9. The van der Waals surface area contributed by atoms with Crippen molar-refractivity contribution in [2.24, 2.45) is 5.92 Å². The number of amides is 1. The van der Waals surface area contributed by atoms with Crippen molar-refractivity contribution < 1.29 is 19.1 Å². The lowest BCUT2D eigenvalue weighted by Crippen LogP contribution is -2.49. The Kier molecular flexibility index (Phi) is 6.64. The lowest BCUT2D eigenvalue weighted by atomic mass is 9.62. The van der Waals surface area contributed by atoms with E-state index in [4.69, 9.17) is 27.9 Å². The standard InChI is InChI=1S/C35H26Cl2N2O4/c1-2-43-28-14-8-5-11-24(28)31(40)29-30(32(41)23-16-15-21(36)19-26(23)37)39-18-17-20-9-3-4-10-22(20)33(39)35(29)25-12-6-7-13-27(25)38-34(35)42/h3-19,29-30,33H,2H2,1H3,(H,38,42)/t29-,30+,33+,35+/m0/s1. The summed E-state index contributed by atoms with van der Waals surface area (Å²) in [4.78, 5) is 46.3. The summed E-state index contributed by atoms with van der Waals surface area (Å²) in [6.45, 7) is 2.19. The Morgan fingerprint density at radius 3 is 2.47 bits per heavy atom. The van der Waals surface area contributed by atoms with Crippen LogP contribution < -0.4 is 10.1 Å². The Balaban J connectivity index is 1.55. The number of nitrogens with one attached hydrogen (secondary N) is 1. The summed E-state index contributed by atoms with van der Waals surface area (Å²) < 4.78 is 5.88. The van der Waals surface area contributed by atoms with Gasteiger partial charge in [-0.2, -0.15) is 0 Å². The Bertz CT molecular complexity index is 1850. The van der Waals surface area contributed by atoms with E-state index in [1.54, 1.807) is 36.4 Å². The number of hydrogen-bond donors (Lipinski definition) is 1. The highest BCUT2D eigenvalue weighted by Crippen LogP contribution is 2.62. The number of carbonyl (C=O) groups excluding carboxylic acids is 3. The Morgan fingerprint density at radius 1 is 0.907 bits per heavy atom. The molecule has 1 saturated heterocycles. The number of halogens is 2. The van der Waals surface area contributed by atoms with E-state index < -0.39 is 23.4 Å². The molecule has 3 aliphatic rings. The molecular weight excluding hydrogens is 583 g/mol. The summed E-state index contributed by atoms with van der Waals surface area (Å²) in [5.41, 5.74) is 2.14. The van der Waals surface area contributed by atoms with E-state index in [1.165, 1.54) is 6.07 Å². The highest BCUT2D eigenvalue weighted by atomic mass is 35.5. The van der Waals surface area contributed by atoms with Crippen molar-refractivity contribution in [3.05, 3.63) is 135 Å². The van der Waals surface area contributed by atoms with Gasteiger partial charge in [-0.05, 0) is 66.1 Å². The molecule has 8 heteroatoms. The molecule has 0 aliphatic carbocycles. The summed E-state index contributed by atoms with van der Waals surface area (Å²) in [5, 5.41) is 3.62. The Labute approximate surface area is 258 Å². The third-order valence-electron chi connectivity index (χ3n) is 8.77. The van der Waals surface area contributed by atoms with E-state index in [2.05, 4.69) is 5.32 Å². The molecule has 43 heavy (non-hydrogen) atoms. The van der Waals surface area contributed by atoms with Gasteiger partial charge in [-0.25, -0.2) is 0 Å². The molecule has 4 atom stereocenters. The van der Waals surface area contributed by atoms with Crippen LogP contribution in [-0.4, -0.2) is 35.0 Å². The highest BCUT2D eigenvalue weighted by molar-refractivity contribution is 6.37. The van der Waals surface area contributed by atoms with Crippen molar-refractivity contribution >= 4 is 52.4 Å². The largest absolute Gasteiger partial charge is 0.493 e. The van der Waals surface area contributed by atoms with Crippen molar-refractivity contribution in [2.45, 2.75) is 24.4 Å². The van der Waals surface area contributed by atoms with Crippen molar-refractivity contribution in [2.75, 3.05) is 11.9 Å². The number of carbonyl (C=O) groups is 3. The number of rotatable bonds is 6. The van der Waals surface area contributed by atoms with Gasteiger partial charge in [0.25, 0.3) is 0 Å². The van der Waals surface area contributed by atoms with Crippen LogP contribution in [0.25, 0.3) is 6.08 Å². The number of fused-ring (bicyclic) bond motifs is 6. The Morgan fingerprint density at radius 2 is 1.65 bits per heavy atom. The van der Waals surface area contributed by atoms with Crippen LogP contribution in [0.4, 0.5) is 5.69 Å². The number of Topliss-reactive ketones (excluding diaryl/α,β-unsaturated/α-hetero) is 2. The number of nitrogens with zero attached hydrogens (tertiary/aromatic N) is 1. The van der Waals surface area contributed by atoms with Crippen LogP contribution in [0.5, 0.6) is 5.75 Å². The van der Waals surface area contributed by atoms with Gasteiger partial charge in [-0.1, -0.05) is 77.8 Å². The van der Waals surface area contributed by atoms with E-state index in [0.29, 0.717) is 34.2 Å². The predicted octanol–water partition coefficient (Wildman–Crippen LogP) is 7.37. The SMILES string of the molecule is CCOc1ccccc1C(=O)[C@@H]1[C@H](C(=O)c2ccc(Cl)cc2Cl)N2C=Cc3ccccc3[C@@H]2[C@]12C(=O)Nc1ccccc12. The molecule has 6 nitrogen and oxygen atoms in total. The van der Waals surface area contributed by atoms with Crippen LogP contribution in [0.1, 0.15) is 50.4 Å². The molecule has 1 amide bonds. The zero-order valence-corrected chi connectivity index (χ0v) is 24.6. The lowest BCUT2D eigenvalue weighted by molar-refractivity contribution is -0.122. The average molecular weight is 610 g/mol. The molecular formula is C35H26Cl2N2O4. The van der Waals surface area contributed by atoms with Gasteiger partial charge in [0.05, 0.1) is 29.2 Å². The van der Waals surface area contributed by atoms with Crippen LogP contribution >= 0.6 is 23.2 Å². The normalized spacial score (nSPS) is 23.0. The first-order valence-electron chi connectivity index (χ1n) is 14.1. The number of para-hydroxylation sites is 2. The topological polar surface area (TPSA) is 75.7 Å². The van der Waals surface area contributed by atoms with E-state index in [9.17, 15) is 9.59 Å². The highest BCUT2D eigenvalue weighted by Gasteiger charge is 2.71. The second kappa shape index (κ2) is 10.4. The number of ketones is 2. The summed E-state index contributed by atoms with van der Waals surface area (Å²) in [5.74, 6) is -1.82. The van der Waals surface area contributed by atoms with Crippen molar-refractivity contribution in [3.8, 4) is 5.75 Å². The molecule has 0 bridgehead atoms. The summed E-state index contributed by atoms with van der Waals surface area (Å²) in [7, 11) is 0. The van der Waals surface area contributed by atoms with Crippen LogP contribution in [0.2, 0.25) is 10.0 Å². The van der Waals surface area contributed by atoms with E-state index in [-0.39, 0.29) is 28.1 Å². The number of anilines is 1. The lowest BCUT2D eigenvalue weighted by Gasteiger charge is -2.38. The molecule has 3 aliphatic heterocycles. The zero-order valence-electron chi connectivity index (χ0n) is 23.1. The fraction of sp³-hybridized carbons (Fsp3) is 0.171. The first kappa shape index (κ1) is 27.4.